The average Bonchev–Trinajstić information content (AvgIpc) is 3.01. The minimum atomic E-state index is -0.357. The molecule has 0 aliphatic carbocycles. The van der Waals surface area contributed by atoms with E-state index in [1.54, 1.807) is 17.0 Å². The van der Waals surface area contributed by atoms with Gasteiger partial charge in [-0.3, -0.25) is 4.79 Å². The molecule has 0 saturated heterocycles. The highest BCUT2D eigenvalue weighted by atomic mass is 19.1. The van der Waals surface area contributed by atoms with Crippen LogP contribution in [0.1, 0.15) is 21.6 Å². The Morgan fingerprint density at radius 3 is 2.67 bits per heavy atom. The minimum absolute atomic E-state index is 0.185. The lowest BCUT2D eigenvalue weighted by Gasteiger charge is -2.19. The third-order valence-electron chi connectivity index (χ3n) is 3.90. The van der Waals surface area contributed by atoms with Gasteiger partial charge in [-0.15, -0.1) is 6.42 Å². The van der Waals surface area contributed by atoms with Crippen LogP contribution in [0.15, 0.2) is 48.5 Å². The zero-order valence-electron chi connectivity index (χ0n) is 13.3. The Hall–Kier alpha value is -3.06. The zero-order valence-corrected chi connectivity index (χ0v) is 13.3. The maximum Gasteiger partial charge on any atom is 0.271 e. The van der Waals surface area contributed by atoms with E-state index in [2.05, 4.69) is 10.9 Å². The van der Waals surface area contributed by atoms with Gasteiger partial charge in [0, 0.05) is 17.4 Å². The standard InChI is InChI=1S/C20H17FN2O/c1-3-11-23(13-15-9-7-14(2)8-10-15)20(24)19-12-16-17(21)5-4-6-18(16)22-19/h1,4-10,12,22H,11,13H2,2H3. The highest BCUT2D eigenvalue weighted by molar-refractivity contribution is 5.98. The van der Waals surface area contributed by atoms with Gasteiger partial charge in [0.1, 0.15) is 11.5 Å². The number of benzene rings is 2. The van der Waals surface area contributed by atoms with E-state index in [1.165, 1.54) is 12.1 Å². The molecule has 0 fully saturated rings. The van der Waals surface area contributed by atoms with E-state index < -0.39 is 0 Å². The van der Waals surface area contributed by atoms with E-state index in [0.717, 1.165) is 11.1 Å². The molecule has 2 aromatic carbocycles. The van der Waals surface area contributed by atoms with Crippen molar-refractivity contribution in [3.05, 3.63) is 71.2 Å². The number of aryl methyl sites for hydroxylation is 1. The first-order chi connectivity index (χ1) is 11.6. The van der Waals surface area contributed by atoms with Gasteiger partial charge in [-0.1, -0.05) is 41.8 Å². The minimum Gasteiger partial charge on any atom is -0.350 e. The number of fused-ring (bicyclic) bond motifs is 1. The first-order valence-electron chi connectivity index (χ1n) is 7.64. The predicted octanol–water partition coefficient (Wildman–Crippen LogP) is 3.89. The number of rotatable bonds is 4. The third-order valence-corrected chi connectivity index (χ3v) is 3.90. The van der Waals surface area contributed by atoms with Crippen molar-refractivity contribution in [1.29, 1.82) is 0 Å². The lowest BCUT2D eigenvalue weighted by atomic mass is 10.1. The van der Waals surface area contributed by atoms with Crippen molar-refractivity contribution >= 4 is 16.8 Å². The van der Waals surface area contributed by atoms with Crippen LogP contribution in [0, 0.1) is 25.1 Å². The van der Waals surface area contributed by atoms with Gasteiger partial charge in [0.2, 0.25) is 0 Å². The normalized spacial score (nSPS) is 10.5. The molecule has 0 bridgehead atoms. The monoisotopic (exact) mass is 320 g/mol. The maximum atomic E-state index is 13.8. The molecule has 0 atom stereocenters. The van der Waals surface area contributed by atoms with Crippen LogP contribution in [0.25, 0.3) is 10.9 Å². The summed E-state index contributed by atoms with van der Waals surface area (Å²) in [6.07, 6.45) is 5.41. The van der Waals surface area contributed by atoms with Crippen molar-refractivity contribution in [1.82, 2.24) is 9.88 Å². The molecule has 3 aromatic rings. The topological polar surface area (TPSA) is 36.1 Å². The molecule has 4 heteroatoms. The summed E-state index contributed by atoms with van der Waals surface area (Å²) in [5.74, 6) is 1.91. The summed E-state index contributed by atoms with van der Waals surface area (Å²) >= 11 is 0. The molecule has 1 amide bonds. The van der Waals surface area contributed by atoms with Crippen molar-refractivity contribution in [2.24, 2.45) is 0 Å². The molecule has 0 radical (unpaired) electrons. The van der Waals surface area contributed by atoms with E-state index in [4.69, 9.17) is 6.42 Å². The van der Waals surface area contributed by atoms with Crippen LogP contribution in [0.3, 0.4) is 0 Å². The number of carbonyl (C=O) groups is 1. The number of halogens is 1. The van der Waals surface area contributed by atoms with E-state index in [-0.39, 0.29) is 18.3 Å². The number of nitrogens with one attached hydrogen (secondary N) is 1. The van der Waals surface area contributed by atoms with E-state index in [1.807, 2.05) is 31.2 Å². The molecular formula is C20H17FN2O. The van der Waals surface area contributed by atoms with Gasteiger partial charge >= 0.3 is 0 Å². The summed E-state index contributed by atoms with van der Waals surface area (Å²) in [5.41, 5.74) is 3.07. The number of aromatic nitrogens is 1. The SMILES string of the molecule is C#CCN(Cc1ccc(C)cc1)C(=O)c1cc2c(F)cccc2[nH]1. The number of H-pyrrole nitrogens is 1. The Morgan fingerprint density at radius 1 is 1.25 bits per heavy atom. The van der Waals surface area contributed by atoms with Gasteiger partial charge < -0.3 is 9.88 Å². The van der Waals surface area contributed by atoms with Crippen LogP contribution in [-0.4, -0.2) is 22.3 Å². The smallest absolute Gasteiger partial charge is 0.271 e. The summed E-state index contributed by atoms with van der Waals surface area (Å²) < 4.78 is 13.8. The molecular weight excluding hydrogens is 303 g/mol. The summed E-state index contributed by atoms with van der Waals surface area (Å²) in [5, 5.41) is 0.400. The number of aromatic amines is 1. The second-order valence-electron chi connectivity index (χ2n) is 5.74. The van der Waals surface area contributed by atoms with Crippen LogP contribution >= 0.6 is 0 Å². The fraction of sp³-hybridized carbons (Fsp3) is 0.150. The van der Waals surface area contributed by atoms with Gasteiger partial charge in [0.25, 0.3) is 5.91 Å². The fourth-order valence-electron chi connectivity index (χ4n) is 2.63. The lowest BCUT2D eigenvalue weighted by Crippen LogP contribution is -2.31. The summed E-state index contributed by atoms with van der Waals surface area (Å²) in [4.78, 5) is 17.3. The summed E-state index contributed by atoms with van der Waals surface area (Å²) in [7, 11) is 0. The summed E-state index contributed by atoms with van der Waals surface area (Å²) in [6.45, 7) is 2.60. The van der Waals surface area contributed by atoms with Crippen molar-refractivity contribution in [2.75, 3.05) is 6.54 Å². The van der Waals surface area contributed by atoms with Gasteiger partial charge in [-0.2, -0.15) is 0 Å². The predicted molar refractivity (Wildman–Crippen MR) is 93.0 cm³/mol. The maximum absolute atomic E-state index is 13.8. The van der Waals surface area contributed by atoms with Crippen LogP contribution < -0.4 is 0 Å². The molecule has 0 unspecified atom stereocenters. The van der Waals surface area contributed by atoms with Crippen LogP contribution in [0.2, 0.25) is 0 Å². The Kier molecular flexibility index (Phi) is 4.35. The Labute approximate surface area is 140 Å². The Balaban J connectivity index is 1.89. The third kappa shape index (κ3) is 3.16. The van der Waals surface area contributed by atoms with E-state index in [9.17, 15) is 9.18 Å². The first-order valence-corrected chi connectivity index (χ1v) is 7.64. The molecule has 120 valence electrons. The lowest BCUT2D eigenvalue weighted by molar-refractivity contribution is 0.0761. The number of hydrogen-bond acceptors (Lipinski definition) is 1. The molecule has 1 heterocycles. The zero-order chi connectivity index (χ0) is 17.1. The number of carbonyl (C=O) groups excluding carboxylic acids is 1. The van der Waals surface area contributed by atoms with Gasteiger partial charge in [0.05, 0.1) is 6.54 Å². The first kappa shape index (κ1) is 15.8. The largest absolute Gasteiger partial charge is 0.350 e. The van der Waals surface area contributed by atoms with Crippen molar-refractivity contribution in [3.8, 4) is 12.3 Å². The Bertz CT molecular complexity index is 919. The Morgan fingerprint density at radius 2 is 2.00 bits per heavy atom. The molecule has 3 nitrogen and oxygen atoms in total. The highest BCUT2D eigenvalue weighted by Gasteiger charge is 2.18. The molecule has 1 aromatic heterocycles. The number of hydrogen-bond donors (Lipinski definition) is 1. The number of amides is 1. The van der Waals surface area contributed by atoms with Crippen molar-refractivity contribution in [2.45, 2.75) is 13.5 Å². The van der Waals surface area contributed by atoms with Crippen LogP contribution in [0.5, 0.6) is 0 Å². The quantitative estimate of drug-likeness (QED) is 0.727. The molecule has 0 spiro atoms. The van der Waals surface area contributed by atoms with E-state index >= 15 is 0 Å². The second kappa shape index (κ2) is 6.59. The second-order valence-corrected chi connectivity index (χ2v) is 5.74. The molecule has 0 aliphatic rings. The van der Waals surface area contributed by atoms with Gasteiger partial charge in [-0.05, 0) is 30.7 Å². The average molecular weight is 320 g/mol. The van der Waals surface area contributed by atoms with Crippen LogP contribution in [-0.2, 0) is 6.54 Å². The molecule has 0 aliphatic heterocycles. The number of terminal acetylenes is 1. The molecule has 1 N–H and O–H groups in total. The molecule has 24 heavy (non-hydrogen) atoms. The van der Waals surface area contributed by atoms with Gasteiger partial charge in [-0.25, -0.2) is 4.39 Å². The summed E-state index contributed by atoms with van der Waals surface area (Å²) in [6, 6.07) is 14.2. The molecule has 3 rings (SSSR count). The molecule has 0 saturated carbocycles. The highest BCUT2D eigenvalue weighted by Crippen LogP contribution is 2.20. The van der Waals surface area contributed by atoms with Crippen molar-refractivity contribution < 1.29 is 9.18 Å². The fourth-order valence-corrected chi connectivity index (χ4v) is 2.63. The van der Waals surface area contributed by atoms with Gasteiger partial charge in [0.15, 0.2) is 0 Å². The number of nitrogens with zero attached hydrogens (tertiary/aromatic N) is 1. The van der Waals surface area contributed by atoms with E-state index in [0.29, 0.717) is 23.1 Å². The van der Waals surface area contributed by atoms with Crippen LogP contribution in [0.4, 0.5) is 4.39 Å². The van der Waals surface area contributed by atoms with Crippen molar-refractivity contribution in [3.63, 3.8) is 0 Å².